The molecule has 0 aliphatic carbocycles. The van der Waals surface area contributed by atoms with Crippen LogP contribution in [0.5, 0.6) is 11.5 Å². The molecular formula is C31H25BrN2O6S. The molecule has 1 aromatic heterocycles. The van der Waals surface area contributed by atoms with Gasteiger partial charge in [0.05, 0.1) is 41.1 Å². The SMILES string of the molecule is CCOC(=O)C1=C(C)N=c2s/c(=C\c3ccc(OC(=O)c4cccc(Br)c4)c(OC)c3)c(=O)n2[C@@H]1c1ccccc1. The van der Waals surface area contributed by atoms with Gasteiger partial charge in [-0.05, 0) is 61.4 Å². The number of aromatic nitrogens is 1. The minimum atomic E-state index is -0.678. The summed E-state index contributed by atoms with van der Waals surface area (Å²) in [4.78, 5) is 44.5. The number of thiazole rings is 1. The van der Waals surface area contributed by atoms with Gasteiger partial charge in [-0.15, -0.1) is 0 Å². The zero-order valence-electron chi connectivity index (χ0n) is 22.4. The Morgan fingerprint density at radius 3 is 2.51 bits per heavy atom. The fourth-order valence-electron chi connectivity index (χ4n) is 4.53. The van der Waals surface area contributed by atoms with Gasteiger partial charge in [-0.3, -0.25) is 9.36 Å². The van der Waals surface area contributed by atoms with Crippen LogP contribution in [0, 0.1) is 0 Å². The fraction of sp³-hybridized carbons (Fsp3) is 0.161. The Morgan fingerprint density at radius 1 is 1.02 bits per heavy atom. The van der Waals surface area contributed by atoms with Gasteiger partial charge in [-0.1, -0.05) is 69.7 Å². The van der Waals surface area contributed by atoms with Crippen molar-refractivity contribution in [2.24, 2.45) is 4.99 Å². The molecule has 8 nitrogen and oxygen atoms in total. The van der Waals surface area contributed by atoms with E-state index >= 15 is 0 Å². The molecular weight excluding hydrogens is 608 g/mol. The molecule has 0 N–H and O–H groups in total. The number of fused-ring (bicyclic) bond motifs is 1. The Bertz CT molecular complexity index is 1860. The fourth-order valence-corrected chi connectivity index (χ4v) is 5.97. The Hall–Kier alpha value is -4.28. The molecule has 0 saturated heterocycles. The molecule has 41 heavy (non-hydrogen) atoms. The molecule has 0 radical (unpaired) electrons. The lowest BCUT2D eigenvalue weighted by Crippen LogP contribution is -2.39. The van der Waals surface area contributed by atoms with Crippen molar-refractivity contribution in [2.75, 3.05) is 13.7 Å². The van der Waals surface area contributed by atoms with E-state index in [2.05, 4.69) is 20.9 Å². The van der Waals surface area contributed by atoms with E-state index in [1.807, 2.05) is 36.4 Å². The van der Waals surface area contributed by atoms with Crippen LogP contribution in [0.15, 0.2) is 98.3 Å². The maximum Gasteiger partial charge on any atom is 0.343 e. The highest BCUT2D eigenvalue weighted by Gasteiger charge is 2.33. The minimum absolute atomic E-state index is 0.206. The number of allylic oxidation sites excluding steroid dienone is 1. The molecule has 2 heterocycles. The van der Waals surface area contributed by atoms with Crippen LogP contribution in [-0.4, -0.2) is 30.2 Å². The number of rotatable bonds is 7. The summed E-state index contributed by atoms with van der Waals surface area (Å²) in [5.74, 6) is -0.457. The third-order valence-electron chi connectivity index (χ3n) is 6.38. The van der Waals surface area contributed by atoms with Gasteiger partial charge in [0.25, 0.3) is 5.56 Å². The summed E-state index contributed by atoms with van der Waals surface area (Å²) < 4.78 is 19.1. The lowest BCUT2D eigenvalue weighted by atomic mass is 9.96. The summed E-state index contributed by atoms with van der Waals surface area (Å²) in [5, 5.41) is 0. The second-order valence-corrected chi connectivity index (χ2v) is 10.9. The van der Waals surface area contributed by atoms with Gasteiger partial charge >= 0.3 is 11.9 Å². The molecule has 10 heteroatoms. The van der Waals surface area contributed by atoms with Gasteiger partial charge in [-0.25, -0.2) is 14.6 Å². The normalized spacial score (nSPS) is 14.7. The summed E-state index contributed by atoms with van der Waals surface area (Å²) in [6.07, 6.45) is 1.72. The molecule has 0 unspecified atom stereocenters. The number of ether oxygens (including phenoxy) is 3. The van der Waals surface area contributed by atoms with E-state index in [1.54, 1.807) is 56.3 Å². The number of hydrogen-bond acceptors (Lipinski definition) is 8. The van der Waals surface area contributed by atoms with Crippen LogP contribution in [0.1, 0.15) is 41.4 Å². The Morgan fingerprint density at radius 2 is 1.80 bits per heavy atom. The molecule has 1 aliphatic rings. The highest BCUT2D eigenvalue weighted by molar-refractivity contribution is 9.10. The number of methoxy groups -OCH3 is 1. The third kappa shape index (κ3) is 5.79. The first-order valence-electron chi connectivity index (χ1n) is 12.7. The van der Waals surface area contributed by atoms with Crippen LogP contribution in [-0.2, 0) is 9.53 Å². The maximum atomic E-state index is 13.8. The van der Waals surface area contributed by atoms with Gasteiger partial charge in [0, 0.05) is 4.47 Å². The summed E-state index contributed by atoms with van der Waals surface area (Å²) >= 11 is 4.58. The van der Waals surface area contributed by atoms with E-state index < -0.39 is 18.0 Å². The Labute approximate surface area is 248 Å². The van der Waals surface area contributed by atoms with E-state index in [-0.39, 0.29) is 17.9 Å². The molecule has 0 amide bonds. The van der Waals surface area contributed by atoms with Crippen molar-refractivity contribution in [3.63, 3.8) is 0 Å². The van der Waals surface area contributed by atoms with E-state index in [4.69, 9.17) is 14.2 Å². The third-order valence-corrected chi connectivity index (χ3v) is 7.86. The first-order chi connectivity index (χ1) is 19.8. The van der Waals surface area contributed by atoms with Crippen molar-refractivity contribution >= 4 is 45.3 Å². The highest BCUT2D eigenvalue weighted by Crippen LogP contribution is 2.31. The number of carbonyl (C=O) groups excluding carboxylic acids is 2. The molecule has 0 fully saturated rings. The molecule has 4 aromatic rings. The quantitative estimate of drug-likeness (QED) is 0.215. The molecule has 5 rings (SSSR count). The van der Waals surface area contributed by atoms with Crippen LogP contribution >= 0.6 is 27.3 Å². The number of hydrogen-bond donors (Lipinski definition) is 0. The van der Waals surface area contributed by atoms with Gasteiger partial charge < -0.3 is 14.2 Å². The average molecular weight is 634 g/mol. The lowest BCUT2D eigenvalue weighted by molar-refractivity contribution is -0.139. The van der Waals surface area contributed by atoms with E-state index in [0.29, 0.717) is 37.5 Å². The maximum absolute atomic E-state index is 13.8. The summed E-state index contributed by atoms with van der Waals surface area (Å²) in [5.41, 5.74) is 2.36. The predicted molar refractivity (Wildman–Crippen MR) is 159 cm³/mol. The van der Waals surface area contributed by atoms with Crippen molar-refractivity contribution in [1.82, 2.24) is 4.57 Å². The highest BCUT2D eigenvalue weighted by atomic mass is 79.9. The molecule has 0 bridgehead atoms. The largest absolute Gasteiger partial charge is 0.493 e. The van der Waals surface area contributed by atoms with Gasteiger partial charge in [0.1, 0.15) is 0 Å². The number of nitrogens with zero attached hydrogens (tertiary/aromatic N) is 2. The summed E-state index contributed by atoms with van der Waals surface area (Å²) in [6.45, 7) is 3.69. The zero-order chi connectivity index (χ0) is 29.1. The summed E-state index contributed by atoms with van der Waals surface area (Å²) in [7, 11) is 1.48. The number of benzene rings is 3. The monoisotopic (exact) mass is 632 g/mol. The van der Waals surface area contributed by atoms with Crippen LogP contribution < -0.4 is 24.4 Å². The average Bonchev–Trinajstić information content (AvgIpc) is 3.27. The van der Waals surface area contributed by atoms with E-state index in [1.165, 1.54) is 23.0 Å². The number of esters is 2. The summed E-state index contributed by atoms with van der Waals surface area (Å²) in [6, 6.07) is 20.6. The van der Waals surface area contributed by atoms with Crippen molar-refractivity contribution in [2.45, 2.75) is 19.9 Å². The van der Waals surface area contributed by atoms with Crippen molar-refractivity contribution in [3.05, 3.63) is 125 Å². The molecule has 3 aromatic carbocycles. The second kappa shape index (κ2) is 12.1. The smallest absolute Gasteiger partial charge is 0.343 e. The Balaban J connectivity index is 1.55. The Kier molecular flexibility index (Phi) is 8.32. The molecule has 1 atom stereocenters. The molecule has 208 valence electrons. The zero-order valence-corrected chi connectivity index (χ0v) is 24.8. The van der Waals surface area contributed by atoms with Gasteiger partial charge in [0.2, 0.25) is 0 Å². The predicted octanol–water partition coefficient (Wildman–Crippen LogP) is 4.79. The van der Waals surface area contributed by atoms with E-state index in [9.17, 15) is 14.4 Å². The first-order valence-corrected chi connectivity index (χ1v) is 14.3. The number of halogens is 1. The standard InChI is InChI=1S/C31H25BrN2O6S/c1-4-39-30(37)26-18(2)33-31-34(27(26)20-9-6-5-7-10-20)28(35)25(41-31)16-19-13-14-23(24(15-19)38-3)40-29(36)21-11-8-12-22(32)17-21/h5-17,27H,4H2,1-3H3/b25-16-/t27-/m1/s1. The van der Waals surface area contributed by atoms with Crippen molar-refractivity contribution in [3.8, 4) is 11.5 Å². The van der Waals surface area contributed by atoms with Crippen molar-refractivity contribution in [1.29, 1.82) is 0 Å². The van der Waals surface area contributed by atoms with Crippen LogP contribution in [0.2, 0.25) is 0 Å². The number of carbonyl (C=O) groups is 2. The molecule has 1 aliphatic heterocycles. The molecule has 0 saturated carbocycles. The topological polar surface area (TPSA) is 96.2 Å². The molecule has 0 spiro atoms. The minimum Gasteiger partial charge on any atom is -0.493 e. The van der Waals surface area contributed by atoms with Crippen molar-refractivity contribution < 1.29 is 23.8 Å². The first kappa shape index (κ1) is 28.3. The van der Waals surface area contributed by atoms with E-state index in [0.717, 1.165) is 10.0 Å². The second-order valence-electron chi connectivity index (χ2n) is 9.02. The van der Waals surface area contributed by atoms with Crippen LogP contribution in [0.25, 0.3) is 6.08 Å². The van der Waals surface area contributed by atoms with Gasteiger partial charge in [-0.2, -0.15) is 0 Å². The van der Waals surface area contributed by atoms with Crippen LogP contribution in [0.4, 0.5) is 0 Å². The lowest BCUT2D eigenvalue weighted by Gasteiger charge is -2.24. The van der Waals surface area contributed by atoms with Crippen LogP contribution in [0.3, 0.4) is 0 Å². The van der Waals surface area contributed by atoms with Gasteiger partial charge in [0.15, 0.2) is 16.3 Å².